The normalized spacial score (nSPS) is 9.33. The molecule has 0 bridgehead atoms. The molecule has 0 aliphatic rings. The van der Waals surface area contributed by atoms with Gasteiger partial charge in [-0.15, -0.1) is 0 Å². The summed E-state index contributed by atoms with van der Waals surface area (Å²) in [6.45, 7) is 0.434. The highest BCUT2D eigenvalue weighted by Gasteiger charge is 2.04. The summed E-state index contributed by atoms with van der Waals surface area (Å²) < 4.78 is 12.4. The molecule has 1 aromatic heterocycles. The Morgan fingerprint density at radius 2 is 2.40 bits per heavy atom. The van der Waals surface area contributed by atoms with E-state index in [2.05, 4.69) is 10.3 Å². The number of rotatable bonds is 4. The predicted molar refractivity (Wildman–Crippen MR) is 51.4 cm³/mol. The third kappa shape index (κ3) is 3.73. The van der Waals surface area contributed by atoms with Crippen molar-refractivity contribution in [2.75, 3.05) is 6.54 Å². The number of nitriles is 1. The Hall–Kier alpha value is -1.96. The molecule has 0 aliphatic heterocycles. The molecular weight excluding hydrogens is 197 g/mol. The van der Waals surface area contributed by atoms with Crippen molar-refractivity contribution in [1.29, 1.82) is 5.26 Å². The van der Waals surface area contributed by atoms with Crippen LogP contribution in [0.2, 0.25) is 0 Å². The van der Waals surface area contributed by atoms with Crippen LogP contribution in [-0.4, -0.2) is 17.4 Å². The lowest BCUT2D eigenvalue weighted by Gasteiger charge is -2.02. The molecule has 4 nitrogen and oxygen atoms in total. The van der Waals surface area contributed by atoms with E-state index in [0.717, 1.165) is 6.07 Å². The minimum absolute atomic E-state index is 0.305. The smallest absolute Gasteiger partial charge is 0.252 e. The lowest BCUT2D eigenvalue weighted by atomic mass is 10.2. The summed E-state index contributed by atoms with van der Waals surface area (Å²) in [7, 11) is 0. The highest BCUT2D eigenvalue weighted by Crippen LogP contribution is 1.98. The first-order valence-electron chi connectivity index (χ1n) is 4.50. The Labute approximate surface area is 86.7 Å². The molecule has 0 saturated heterocycles. The van der Waals surface area contributed by atoms with E-state index in [0.29, 0.717) is 24.9 Å². The second-order valence-corrected chi connectivity index (χ2v) is 2.89. The molecule has 0 radical (unpaired) electrons. The van der Waals surface area contributed by atoms with E-state index in [9.17, 15) is 9.18 Å². The predicted octanol–water partition coefficient (Wildman–Crippen LogP) is 1.25. The Morgan fingerprint density at radius 1 is 1.60 bits per heavy atom. The van der Waals surface area contributed by atoms with Gasteiger partial charge in [0.2, 0.25) is 5.95 Å². The van der Waals surface area contributed by atoms with E-state index in [1.54, 1.807) is 0 Å². The number of carbonyl (C=O) groups is 1. The average Bonchev–Trinajstić information content (AvgIpc) is 2.25. The number of nitrogens with zero attached hydrogens (tertiary/aromatic N) is 2. The molecule has 1 amide bonds. The number of hydrogen-bond acceptors (Lipinski definition) is 3. The first-order chi connectivity index (χ1) is 7.24. The van der Waals surface area contributed by atoms with Crippen LogP contribution in [0.15, 0.2) is 18.3 Å². The van der Waals surface area contributed by atoms with Gasteiger partial charge in [0, 0.05) is 19.2 Å². The highest BCUT2D eigenvalue weighted by atomic mass is 19.1. The molecule has 1 N–H and O–H groups in total. The molecule has 78 valence electrons. The van der Waals surface area contributed by atoms with Crippen molar-refractivity contribution < 1.29 is 9.18 Å². The minimum atomic E-state index is -0.615. The van der Waals surface area contributed by atoms with Gasteiger partial charge in [0.05, 0.1) is 11.6 Å². The van der Waals surface area contributed by atoms with Crippen LogP contribution in [0.4, 0.5) is 4.39 Å². The van der Waals surface area contributed by atoms with Crippen LogP contribution in [-0.2, 0) is 0 Å². The number of aromatic nitrogens is 1. The number of halogens is 1. The number of hydrogen-bond donors (Lipinski definition) is 1. The summed E-state index contributed by atoms with van der Waals surface area (Å²) in [5.41, 5.74) is 0.313. The summed E-state index contributed by atoms with van der Waals surface area (Å²) in [6.07, 6.45) is 2.19. The molecular formula is C10H10FN3O. The first-order valence-corrected chi connectivity index (χ1v) is 4.50. The summed E-state index contributed by atoms with van der Waals surface area (Å²) >= 11 is 0. The first kappa shape index (κ1) is 11.1. The third-order valence-corrected chi connectivity index (χ3v) is 1.74. The van der Waals surface area contributed by atoms with Crippen molar-refractivity contribution in [3.8, 4) is 6.07 Å². The summed E-state index contributed by atoms with van der Waals surface area (Å²) in [6, 6.07) is 4.47. The highest BCUT2D eigenvalue weighted by molar-refractivity contribution is 5.93. The van der Waals surface area contributed by atoms with Crippen LogP contribution < -0.4 is 5.32 Å². The monoisotopic (exact) mass is 207 g/mol. The molecule has 0 aromatic carbocycles. The Balaban J connectivity index is 2.41. The molecule has 15 heavy (non-hydrogen) atoms. The van der Waals surface area contributed by atoms with Gasteiger partial charge in [-0.05, 0) is 18.6 Å². The van der Waals surface area contributed by atoms with Crippen LogP contribution in [0.5, 0.6) is 0 Å². The number of pyridine rings is 1. The van der Waals surface area contributed by atoms with Crippen LogP contribution >= 0.6 is 0 Å². The zero-order valence-corrected chi connectivity index (χ0v) is 8.03. The van der Waals surface area contributed by atoms with Gasteiger partial charge in [0.1, 0.15) is 0 Å². The lowest BCUT2D eigenvalue weighted by molar-refractivity contribution is 0.0953. The van der Waals surface area contributed by atoms with Gasteiger partial charge in [-0.25, -0.2) is 4.98 Å². The minimum Gasteiger partial charge on any atom is -0.352 e. The van der Waals surface area contributed by atoms with E-state index in [1.165, 1.54) is 12.3 Å². The van der Waals surface area contributed by atoms with Crippen LogP contribution in [0.1, 0.15) is 23.2 Å². The van der Waals surface area contributed by atoms with Crippen molar-refractivity contribution >= 4 is 5.91 Å². The fraction of sp³-hybridized carbons (Fsp3) is 0.300. The topological polar surface area (TPSA) is 65.8 Å². The quantitative estimate of drug-likeness (QED) is 0.597. The molecule has 0 spiro atoms. The van der Waals surface area contributed by atoms with Crippen molar-refractivity contribution in [2.24, 2.45) is 0 Å². The van der Waals surface area contributed by atoms with Crippen molar-refractivity contribution in [3.63, 3.8) is 0 Å². The van der Waals surface area contributed by atoms with Crippen molar-refractivity contribution in [3.05, 3.63) is 29.8 Å². The van der Waals surface area contributed by atoms with Gasteiger partial charge in [-0.3, -0.25) is 4.79 Å². The van der Waals surface area contributed by atoms with Crippen LogP contribution in [0.25, 0.3) is 0 Å². The second-order valence-electron chi connectivity index (χ2n) is 2.89. The number of unbranched alkanes of at least 4 members (excludes halogenated alkanes) is 1. The molecule has 0 unspecified atom stereocenters. The maximum Gasteiger partial charge on any atom is 0.252 e. The molecule has 5 heteroatoms. The van der Waals surface area contributed by atoms with Gasteiger partial charge < -0.3 is 5.32 Å². The van der Waals surface area contributed by atoms with Gasteiger partial charge in [0.25, 0.3) is 5.91 Å². The maximum atomic E-state index is 12.4. The standard InChI is InChI=1S/C10H10FN3O/c11-9-4-3-8(7-14-9)10(15)13-6-2-1-5-12/h3-4,7H,1-2,6H2,(H,13,15). The van der Waals surface area contributed by atoms with E-state index < -0.39 is 5.95 Å². The summed E-state index contributed by atoms with van der Waals surface area (Å²) in [5.74, 6) is -0.920. The number of carbonyl (C=O) groups excluding carboxylic acids is 1. The Kier molecular flexibility index (Phi) is 4.23. The van der Waals surface area contributed by atoms with E-state index >= 15 is 0 Å². The molecule has 1 heterocycles. The SMILES string of the molecule is N#CCCCNC(=O)c1ccc(F)nc1. The van der Waals surface area contributed by atoms with Gasteiger partial charge in [0.15, 0.2) is 0 Å². The molecule has 0 aliphatic carbocycles. The van der Waals surface area contributed by atoms with E-state index in [4.69, 9.17) is 5.26 Å². The Bertz CT molecular complexity index is 369. The average molecular weight is 207 g/mol. The Morgan fingerprint density at radius 3 is 3.00 bits per heavy atom. The lowest BCUT2D eigenvalue weighted by Crippen LogP contribution is -2.24. The van der Waals surface area contributed by atoms with Gasteiger partial charge in [-0.1, -0.05) is 0 Å². The van der Waals surface area contributed by atoms with Gasteiger partial charge >= 0.3 is 0 Å². The summed E-state index contributed by atoms with van der Waals surface area (Å²) in [5, 5.41) is 10.9. The second kappa shape index (κ2) is 5.70. The number of nitrogens with one attached hydrogen (secondary N) is 1. The zero-order chi connectivity index (χ0) is 11.1. The summed E-state index contributed by atoms with van der Waals surface area (Å²) in [4.78, 5) is 14.7. The molecule has 1 rings (SSSR count). The van der Waals surface area contributed by atoms with Crippen LogP contribution in [0.3, 0.4) is 0 Å². The molecule has 0 atom stereocenters. The number of amides is 1. The molecule has 0 saturated carbocycles. The van der Waals surface area contributed by atoms with Gasteiger partial charge in [-0.2, -0.15) is 9.65 Å². The molecule has 0 fully saturated rings. The fourth-order valence-electron chi connectivity index (χ4n) is 0.982. The van der Waals surface area contributed by atoms with Crippen molar-refractivity contribution in [1.82, 2.24) is 10.3 Å². The van der Waals surface area contributed by atoms with E-state index in [1.807, 2.05) is 6.07 Å². The van der Waals surface area contributed by atoms with E-state index in [-0.39, 0.29) is 5.91 Å². The zero-order valence-electron chi connectivity index (χ0n) is 8.03. The van der Waals surface area contributed by atoms with Crippen LogP contribution in [0, 0.1) is 17.3 Å². The van der Waals surface area contributed by atoms with Crippen molar-refractivity contribution in [2.45, 2.75) is 12.8 Å². The molecule has 1 aromatic rings. The fourth-order valence-corrected chi connectivity index (χ4v) is 0.982. The maximum absolute atomic E-state index is 12.4. The largest absolute Gasteiger partial charge is 0.352 e. The third-order valence-electron chi connectivity index (χ3n) is 1.74.